The third kappa shape index (κ3) is 3.55. The largest absolute Gasteiger partial charge is 0.316 e. The topological polar surface area (TPSA) is 9.86 Å². The molecule has 0 spiro atoms. The molecular weight excluding hydrogens is 569 g/mol. The molecule has 0 bridgehead atoms. The zero-order valence-electron chi connectivity index (χ0n) is 25.7. The number of rotatable bonds is 4. The van der Waals surface area contributed by atoms with Gasteiger partial charge in [-0.05, 0) is 75.8 Å². The van der Waals surface area contributed by atoms with Gasteiger partial charge >= 0.3 is 0 Å². The Morgan fingerprint density at radius 2 is 1.06 bits per heavy atom. The third-order valence-electron chi connectivity index (χ3n) is 10.2. The summed E-state index contributed by atoms with van der Waals surface area (Å²) in [5.74, 6) is 0. The van der Waals surface area contributed by atoms with Crippen molar-refractivity contribution in [2.45, 2.75) is 5.41 Å². The highest BCUT2D eigenvalue weighted by molar-refractivity contribution is 6.20. The fourth-order valence-electron chi connectivity index (χ4n) is 8.34. The first kappa shape index (κ1) is 26.1. The zero-order valence-corrected chi connectivity index (χ0v) is 25.7. The molecule has 0 saturated heterocycles. The summed E-state index contributed by atoms with van der Waals surface area (Å²) in [6.07, 6.45) is 2.20. The van der Waals surface area contributed by atoms with E-state index in [0.717, 1.165) is 11.4 Å². The lowest BCUT2D eigenvalue weighted by Gasteiger charge is -2.34. The van der Waals surface area contributed by atoms with Gasteiger partial charge in [-0.2, -0.15) is 0 Å². The van der Waals surface area contributed by atoms with E-state index in [0.29, 0.717) is 0 Å². The lowest BCUT2D eigenvalue weighted by atomic mass is 9.67. The molecule has 2 nitrogen and oxygen atoms in total. The maximum atomic E-state index is 2.47. The fourth-order valence-corrected chi connectivity index (χ4v) is 8.34. The van der Waals surface area contributed by atoms with Crippen molar-refractivity contribution in [2.75, 3.05) is 0 Å². The molecule has 7 aromatic carbocycles. The van der Waals surface area contributed by atoms with Crippen LogP contribution in [0.15, 0.2) is 182 Å². The predicted octanol–water partition coefficient (Wildman–Crippen LogP) is 11.1. The molecule has 0 N–H and O–H groups in total. The monoisotopic (exact) mass is 598 g/mol. The Balaban J connectivity index is 1.31. The van der Waals surface area contributed by atoms with Crippen LogP contribution in [0.3, 0.4) is 0 Å². The van der Waals surface area contributed by atoms with E-state index in [1.807, 2.05) is 0 Å². The van der Waals surface area contributed by atoms with Crippen LogP contribution < -0.4 is 0 Å². The molecule has 1 aliphatic carbocycles. The number of aromatic nitrogens is 2. The van der Waals surface area contributed by atoms with Gasteiger partial charge in [0.25, 0.3) is 0 Å². The number of hydrogen-bond donors (Lipinski definition) is 0. The molecular formula is C45H30N2. The van der Waals surface area contributed by atoms with E-state index < -0.39 is 5.41 Å². The summed E-state index contributed by atoms with van der Waals surface area (Å²) in [5, 5.41) is 3.76. The van der Waals surface area contributed by atoms with E-state index in [1.54, 1.807) is 0 Å². The molecule has 47 heavy (non-hydrogen) atoms. The highest BCUT2D eigenvalue weighted by Crippen LogP contribution is 2.56. The Labute approximate surface area is 273 Å². The number of benzene rings is 7. The minimum Gasteiger partial charge on any atom is -0.316 e. The summed E-state index contributed by atoms with van der Waals surface area (Å²) in [6.45, 7) is 0. The molecule has 2 heteroatoms. The normalized spacial score (nSPS) is 13.3. The smallest absolute Gasteiger partial charge is 0.0714 e. The molecule has 2 aromatic heterocycles. The van der Waals surface area contributed by atoms with Gasteiger partial charge in [-0.25, -0.2) is 0 Å². The first-order valence-corrected chi connectivity index (χ1v) is 16.3. The average molecular weight is 599 g/mol. The maximum Gasteiger partial charge on any atom is 0.0714 e. The van der Waals surface area contributed by atoms with Crippen LogP contribution in [0.4, 0.5) is 0 Å². The highest BCUT2D eigenvalue weighted by Gasteiger charge is 2.46. The Morgan fingerprint density at radius 1 is 0.426 bits per heavy atom. The number of para-hydroxylation sites is 2. The molecule has 0 fully saturated rings. The van der Waals surface area contributed by atoms with Crippen molar-refractivity contribution in [1.29, 1.82) is 0 Å². The van der Waals surface area contributed by atoms with Crippen molar-refractivity contribution in [3.05, 3.63) is 204 Å². The van der Waals surface area contributed by atoms with Gasteiger partial charge in [-0.1, -0.05) is 133 Å². The molecule has 1 aliphatic rings. The average Bonchev–Trinajstić information content (AvgIpc) is 3.81. The van der Waals surface area contributed by atoms with Gasteiger partial charge < -0.3 is 9.13 Å². The van der Waals surface area contributed by atoms with Crippen LogP contribution in [0.5, 0.6) is 0 Å². The molecule has 0 saturated carbocycles. The lowest BCUT2D eigenvalue weighted by molar-refractivity contribution is 0.767. The Morgan fingerprint density at radius 3 is 1.83 bits per heavy atom. The maximum absolute atomic E-state index is 2.47. The van der Waals surface area contributed by atoms with Gasteiger partial charge in [-0.15, -0.1) is 0 Å². The zero-order chi connectivity index (χ0) is 31.0. The van der Waals surface area contributed by atoms with E-state index in [1.165, 1.54) is 66.1 Å². The second-order valence-corrected chi connectivity index (χ2v) is 12.5. The van der Waals surface area contributed by atoms with Gasteiger partial charge in [0.1, 0.15) is 0 Å². The summed E-state index contributed by atoms with van der Waals surface area (Å²) in [7, 11) is 0. The van der Waals surface area contributed by atoms with E-state index >= 15 is 0 Å². The summed E-state index contributed by atoms with van der Waals surface area (Å²) in [5.41, 5.74) is 13.3. The van der Waals surface area contributed by atoms with Crippen LogP contribution in [0, 0.1) is 0 Å². The van der Waals surface area contributed by atoms with Crippen molar-refractivity contribution in [3.63, 3.8) is 0 Å². The first-order chi connectivity index (χ1) is 23.3. The van der Waals surface area contributed by atoms with E-state index in [-0.39, 0.29) is 0 Å². The first-order valence-electron chi connectivity index (χ1n) is 16.3. The summed E-state index contributed by atoms with van der Waals surface area (Å²) >= 11 is 0. The number of fused-ring (bicyclic) bond motifs is 8. The van der Waals surface area contributed by atoms with Crippen LogP contribution >= 0.6 is 0 Å². The van der Waals surface area contributed by atoms with Crippen molar-refractivity contribution in [3.8, 4) is 22.5 Å². The van der Waals surface area contributed by atoms with Crippen LogP contribution in [-0.2, 0) is 5.41 Å². The lowest BCUT2D eigenvalue weighted by Crippen LogP contribution is -2.28. The summed E-state index contributed by atoms with van der Waals surface area (Å²) < 4.78 is 4.81. The van der Waals surface area contributed by atoms with Crippen molar-refractivity contribution in [1.82, 2.24) is 9.13 Å². The third-order valence-corrected chi connectivity index (χ3v) is 10.2. The van der Waals surface area contributed by atoms with Crippen LogP contribution in [-0.4, -0.2) is 9.13 Å². The van der Waals surface area contributed by atoms with Crippen molar-refractivity contribution < 1.29 is 0 Å². The molecule has 0 radical (unpaired) electrons. The molecule has 0 aliphatic heterocycles. The Kier molecular flexibility index (Phi) is 5.53. The van der Waals surface area contributed by atoms with E-state index in [4.69, 9.17) is 0 Å². The minimum atomic E-state index is -0.446. The van der Waals surface area contributed by atoms with Gasteiger partial charge in [0.2, 0.25) is 0 Å². The minimum absolute atomic E-state index is 0.446. The van der Waals surface area contributed by atoms with E-state index in [2.05, 4.69) is 191 Å². The van der Waals surface area contributed by atoms with Gasteiger partial charge in [0.15, 0.2) is 0 Å². The van der Waals surface area contributed by atoms with Gasteiger partial charge in [-0.3, -0.25) is 0 Å². The summed E-state index contributed by atoms with van der Waals surface area (Å²) in [6, 6.07) is 64.5. The van der Waals surface area contributed by atoms with Crippen LogP contribution in [0.2, 0.25) is 0 Å². The SMILES string of the molecule is c1ccc(-n2ccc3ccc4c(c5ccccc5n4-c4ccc5c(c4)C(c4ccccc4)(c4ccccc4)c4ccccc4-5)c32)cc1. The van der Waals surface area contributed by atoms with Crippen LogP contribution in [0.25, 0.3) is 55.2 Å². The number of nitrogens with zero attached hydrogens (tertiary/aromatic N) is 2. The molecule has 9 aromatic rings. The summed E-state index contributed by atoms with van der Waals surface area (Å²) in [4.78, 5) is 0. The molecule has 220 valence electrons. The second-order valence-electron chi connectivity index (χ2n) is 12.5. The fraction of sp³-hybridized carbons (Fsp3) is 0.0222. The standard InChI is InChI=1S/C45H30N2/c1-4-14-32(15-5-1)45(33-16-6-2-7-17-33)39-22-12-10-20-36(39)37-26-25-35(30-40(37)45)47-41-23-13-11-21-38(41)43-42(47)27-24-31-28-29-46(44(31)43)34-18-8-3-9-19-34/h1-30H. The van der Waals surface area contributed by atoms with Crippen LogP contribution in [0.1, 0.15) is 22.3 Å². The van der Waals surface area contributed by atoms with Crippen molar-refractivity contribution in [2.24, 2.45) is 0 Å². The van der Waals surface area contributed by atoms with E-state index in [9.17, 15) is 0 Å². The van der Waals surface area contributed by atoms with Crippen molar-refractivity contribution >= 4 is 32.7 Å². The number of hydrogen-bond acceptors (Lipinski definition) is 0. The highest BCUT2D eigenvalue weighted by atomic mass is 15.0. The molecule has 0 atom stereocenters. The molecule has 0 unspecified atom stereocenters. The van der Waals surface area contributed by atoms with Gasteiger partial charge in [0, 0.05) is 33.7 Å². The Hall–Kier alpha value is -6.12. The van der Waals surface area contributed by atoms with Gasteiger partial charge in [0.05, 0.1) is 22.0 Å². The Bertz CT molecular complexity index is 2570. The second kappa shape index (κ2) is 9.94. The predicted molar refractivity (Wildman–Crippen MR) is 195 cm³/mol. The molecule has 0 amide bonds. The molecule has 10 rings (SSSR count). The quantitative estimate of drug-likeness (QED) is 0.191. The molecule has 2 heterocycles.